The van der Waals surface area contributed by atoms with E-state index in [9.17, 15) is 4.39 Å². The van der Waals surface area contributed by atoms with E-state index in [0.29, 0.717) is 34.8 Å². The lowest BCUT2D eigenvalue weighted by atomic mass is 10.3. The van der Waals surface area contributed by atoms with Crippen molar-refractivity contribution in [1.29, 1.82) is 0 Å². The summed E-state index contributed by atoms with van der Waals surface area (Å²) in [7, 11) is 0. The Morgan fingerprint density at radius 3 is 2.76 bits per heavy atom. The Balaban J connectivity index is 2.27. The van der Waals surface area contributed by atoms with Crippen LogP contribution in [0.2, 0.25) is 5.02 Å². The molecule has 0 radical (unpaired) electrons. The lowest BCUT2D eigenvalue weighted by Crippen LogP contribution is -2.12. The van der Waals surface area contributed by atoms with Crippen molar-refractivity contribution >= 4 is 28.9 Å². The fourth-order valence-electron chi connectivity index (χ4n) is 1.62. The first-order valence-electron chi connectivity index (χ1n) is 6.26. The molecule has 0 aliphatic carbocycles. The van der Waals surface area contributed by atoms with E-state index in [2.05, 4.69) is 20.7 Å². The zero-order valence-corrected chi connectivity index (χ0v) is 12.1. The molecule has 0 spiro atoms. The maximum Gasteiger partial charge on any atom is 0.158 e. The molecule has 1 heterocycles. The van der Waals surface area contributed by atoms with Crippen LogP contribution in [0, 0.1) is 5.82 Å². The molecule has 21 heavy (non-hydrogen) atoms. The standard InChI is InChI=1S/C13H15ClFN5O/c1-2-21-7-13-18-11(6-12(19-13)20-16)17-10-5-8(15)3-4-9(10)14/h3-6H,2,7,16H2,1H3,(H2,17,18,19,20). The summed E-state index contributed by atoms with van der Waals surface area (Å²) >= 11 is 6.01. The minimum Gasteiger partial charge on any atom is -0.374 e. The van der Waals surface area contributed by atoms with E-state index in [1.54, 1.807) is 6.07 Å². The number of hydrogen-bond donors (Lipinski definition) is 3. The highest BCUT2D eigenvalue weighted by Crippen LogP contribution is 2.26. The molecule has 0 aliphatic heterocycles. The fourth-order valence-corrected chi connectivity index (χ4v) is 1.79. The molecule has 0 amide bonds. The van der Waals surface area contributed by atoms with Gasteiger partial charge in [-0.2, -0.15) is 0 Å². The summed E-state index contributed by atoms with van der Waals surface area (Å²) in [6.07, 6.45) is 0. The Kier molecular flexibility index (Phi) is 5.26. The Hall–Kier alpha value is -1.96. The van der Waals surface area contributed by atoms with Crippen molar-refractivity contribution in [3.8, 4) is 0 Å². The van der Waals surface area contributed by atoms with Crippen molar-refractivity contribution in [3.05, 3.63) is 40.9 Å². The van der Waals surface area contributed by atoms with Crippen molar-refractivity contribution in [2.24, 2.45) is 5.84 Å². The topological polar surface area (TPSA) is 85.1 Å². The molecule has 112 valence electrons. The highest BCUT2D eigenvalue weighted by molar-refractivity contribution is 6.33. The Bertz CT molecular complexity index is 626. The number of hydrogen-bond acceptors (Lipinski definition) is 6. The van der Waals surface area contributed by atoms with Crippen LogP contribution >= 0.6 is 11.6 Å². The number of nitrogens with one attached hydrogen (secondary N) is 2. The van der Waals surface area contributed by atoms with E-state index in [0.717, 1.165) is 0 Å². The second-order valence-electron chi connectivity index (χ2n) is 4.09. The van der Waals surface area contributed by atoms with Crippen LogP contribution in [0.3, 0.4) is 0 Å². The normalized spacial score (nSPS) is 10.5. The lowest BCUT2D eigenvalue weighted by molar-refractivity contribution is 0.128. The maximum absolute atomic E-state index is 13.3. The molecule has 0 saturated carbocycles. The van der Waals surface area contributed by atoms with E-state index < -0.39 is 5.82 Å². The molecule has 2 rings (SSSR count). The van der Waals surface area contributed by atoms with Gasteiger partial charge in [-0.3, -0.25) is 0 Å². The monoisotopic (exact) mass is 311 g/mol. The van der Waals surface area contributed by atoms with Crippen LogP contribution in [0.1, 0.15) is 12.7 Å². The third-order valence-corrected chi connectivity index (χ3v) is 2.88. The van der Waals surface area contributed by atoms with Crippen LogP contribution < -0.4 is 16.6 Å². The largest absolute Gasteiger partial charge is 0.374 e. The fraction of sp³-hybridized carbons (Fsp3) is 0.231. The van der Waals surface area contributed by atoms with E-state index in [1.165, 1.54) is 18.2 Å². The first-order valence-corrected chi connectivity index (χ1v) is 6.64. The summed E-state index contributed by atoms with van der Waals surface area (Å²) in [5.74, 6) is 6.26. The number of nitrogens with zero attached hydrogens (tertiary/aromatic N) is 2. The molecule has 0 unspecified atom stereocenters. The highest BCUT2D eigenvalue weighted by atomic mass is 35.5. The molecule has 8 heteroatoms. The van der Waals surface area contributed by atoms with Gasteiger partial charge < -0.3 is 15.5 Å². The first-order chi connectivity index (χ1) is 10.1. The van der Waals surface area contributed by atoms with Crippen molar-refractivity contribution in [2.75, 3.05) is 17.3 Å². The molecular weight excluding hydrogens is 297 g/mol. The minimum atomic E-state index is -0.400. The third kappa shape index (κ3) is 4.25. The summed E-state index contributed by atoms with van der Waals surface area (Å²) in [6, 6.07) is 5.60. The number of anilines is 3. The van der Waals surface area contributed by atoms with Gasteiger partial charge in [0.25, 0.3) is 0 Å². The molecule has 1 aromatic carbocycles. The smallest absolute Gasteiger partial charge is 0.158 e. The number of nitrogen functional groups attached to an aromatic ring is 1. The lowest BCUT2D eigenvalue weighted by Gasteiger charge is -2.11. The molecule has 1 aromatic heterocycles. The number of halogens is 2. The molecule has 0 saturated heterocycles. The van der Waals surface area contributed by atoms with Crippen LogP contribution in [0.25, 0.3) is 0 Å². The van der Waals surface area contributed by atoms with Gasteiger partial charge in [0, 0.05) is 12.7 Å². The molecule has 6 nitrogen and oxygen atoms in total. The van der Waals surface area contributed by atoms with Gasteiger partial charge in [-0.25, -0.2) is 20.2 Å². The Morgan fingerprint density at radius 1 is 1.29 bits per heavy atom. The molecule has 0 atom stereocenters. The van der Waals surface area contributed by atoms with Gasteiger partial charge in [-0.15, -0.1) is 0 Å². The summed E-state index contributed by atoms with van der Waals surface area (Å²) in [5, 5.41) is 3.31. The van der Waals surface area contributed by atoms with Gasteiger partial charge in [0.2, 0.25) is 0 Å². The van der Waals surface area contributed by atoms with Crippen molar-refractivity contribution in [1.82, 2.24) is 9.97 Å². The van der Waals surface area contributed by atoms with Gasteiger partial charge in [0.1, 0.15) is 24.1 Å². The average molecular weight is 312 g/mol. The molecule has 4 N–H and O–H groups in total. The van der Waals surface area contributed by atoms with E-state index in [1.807, 2.05) is 6.92 Å². The number of aromatic nitrogens is 2. The van der Waals surface area contributed by atoms with Gasteiger partial charge in [0.15, 0.2) is 5.82 Å². The second-order valence-corrected chi connectivity index (χ2v) is 4.49. The zero-order valence-electron chi connectivity index (χ0n) is 11.4. The van der Waals surface area contributed by atoms with Crippen LogP contribution in [0.5, 0.6) is 0 Å². The van der Waals surface area contributed by atoms with Gasteiger partial charge in [0.05, 0.1) is 10.7 Å². The van der Waals surface area contributed by atoms with Gasteiger partial charge in [-0.05, 0) is 25.1 Å². The number of ether oxygens (including phenoxy) is 1. The van der Waals surface area contributed by atoms with Crippen LogP contribution in [0.15, 0.2) is 24.3 Å². The average Bonchev–Trinajstić information content (AvgIpc) is 2.48. The number of rotatable bonds is 6. The molecule has 2 aromatic rings. The van der Waals surface area contributed by atoms with Crippen molar-refractivity contribution in [3.63, 3.8) is 0 Å². The highest BCUT2D eigenvalue weighted by Gasteiger charge is 2.07. The Labute approximate surface area is 126 Å². The summed E-state index contributed by atoms with van der Waals surface area (Å²) in [5.41, 5.74) is 2.85. The van der Waals surface area contributed by atoms with Crippen LogP contribution in [0.4, 0.5) is 21.7 Å². The number of nitrogens with two attached hydrogens (primary N) is 1. The van der Waals surface area contributed by atoms with Crippen LogP contribution in [-0.2, 0) is 11.3 Å². The minimum absolute atomic E-state index is 0.248. The zero-order chi connectivity index (χ0) is 15.2. The summed E-state index contributed by atoms with van der Waals surface area (Å²) in [6.45, 7) is 2.66. The second kappa shape index (κ2) is 7.16. The molecule has 0 bridgehead atoms. The van der Waals surface area contributed by atoms with E-state index >= 15 is 0 Å². The SMILES string of the molecule is CCOCc1nc(NN)cc(Nc2cc(F)ccc2Cl)n1. The molecular formula is C13H15ClFN5O. The van der Waals surface area contributed by atoms with Crippen molar-refractivity contribution in [2.45, 2.75) is 13.5 Å². The van der Waals surface area contributed by atoms with Crippen LogP contribution in [-0.4, -0.2) is 16.6 Å². The predicted molar refractivity (Wildman–Crippen MR) is 79.9 cm³/mol. The first kappa shape index (κ1) is 15.4. The summed E-state index contributed by atoms with van der Waals surface area (Å²) < 4.78 is 18.5. The molecule has 0 fully saturated rings. The van der Waals surface area contributed by atoms with E-state index in [-0.39, 0.29) is 6.61 Å². The van der Waals surface area contributed by atoms with Gasteiger partial charge >= 0.3 is 0 Å². The Morgan fingerprint density at radius 2 is 2.05 bits per heavy atom. The third-order valence-electron chi connectivity index (χ3n) is 2.55. The van der Waals surface area contributed by atoms with E-state index in [4.69, 9.17) is 22.2 Å². The number of hydrazine groups is 1. The quantitative estimate of drug-likeness (QED) is 0.562. The summed E-state index contributed by atoms with van der Waals surface area (Å²) in [4.78, 5) is 8.41. The predicted octanol–water partition coefficient (Wildman–Crippen LogP) is 2.83. The molecule has 0 aliphatic rings. The van der Waals surface area contributed by atoms with Crippen molar-refractivity contribution < 1.29 is 9.13 Å². The number of benzene rings is 1. The maximum atomic E-state index is 13.3. The van der Waals surface area contributed by atoms with Gasteiger partial charge in [-0.1, -0.05) is 11.6 Å².